The van der Waals surface area contributed by atoms with E-state index in [0.717, 1.165) is 54.7 Å². The van der Waals surface area contributed by atoms with E-state index in [1.54, 1.807) is 19.4 Å². The lowest BCUT2D eigenvalue weighted by atomic mass is 9.97. The molecule has 3 aliphatic heterocycles. The van der Waals surface area contributed by atoms with Crippen molar-refractivity contribution in [3.63, 3.8) is 0 Å². The molecule has 0 aromatic carbocycles. The number of likely N-dealkylation sites (N-methyl/N-ethyl adjacent to an activating group) is 1. The number of nitrogens with one attached hydrogen (secondary N) is 2. The SMILES string of the molecule is CCC1C=CC(C2=CC(C)CC(COC)O2)=CC(C)[N+]1(C)CCC=C(C)C(=O)Nc1cc(C(=O)NCCN2CCCC2(C)C)cnc1C. The second-order valence-electron chi connectivity index (χ2n) is 14.9. The Labute approximate surface area is 289 Å². The number of pyridine rings is 1. The van der Waals surface area contributed by atoms with E-state index in [-0.39, 0.29) is 29.5 Å². The van der Waals surface area contributed by atoms with Gasteiger partial charge in [-0.05, 0) is 96.7 Å². The molecule has 2 amide bonds. The van der Waals surface area contributed by atoms with E-state index in [9.17, 15) is 9.59 Å². The van der Waals surface area contributed by atoms with Crippen molar-refractivity contribution in [2.45, 2.75) is 104 Å². The minimum Gasteiger partial charge on any atom is -0.488 e. The van der Waals surface area contributed by atoms with Crippen molar-refractivity contribution < 1.29 is 23.5 Å². The van der Waals surface area contributed by atoms with Gasteiger partial charge in [0, 0.05) is 55.9 Å². The number of nitrogens with zero attached hydrogens (tertiary/aromatic N) is 3. The molecular weight excluding hydrogens is 602 g/mol. The number of rotatable bonds is 13. The number of likely N-dealkylation sites (tertiary alicyclic amines) is 1. The molecule has 2 N–H and O–H groups in total. The second-order valence-corrected chi connectivity index (χ2v) is 14.9. The van der Waals surface area contributed by atoms with Crippen LogP contribution in [-0.4, -0.2) is 96.9 Å². The van der Waals surface area contributed by atoms with Crippen molar-refractivity contribution in [1.82, 2.24) is 15.2 Å². The number of amides is 2. The van der Waals surface area contributed by atoms with E-state index >= 15 is 0 Å². The van der Waals surface area contributed by atoms with E-state index < -0.39 is 0 Å². The summed E-state index contributed by atoms with van der Waals surface area (Å²) in [4.78, 5) is 33.0. The summed E-state index contributed by atoms with van der Waals surface area (Å²) in [5.74, 6) is 1.02. The predicted octanol–water partition coefficient (Wildman–Crippen LogP) is 6.33. The van der Waals surface area contributed by atoms with Crippen LogP contribution in [0.5, 0.6) is 0 Å². The standard InChI is InChI=1S/C39H59N5O4/c1-10-33-15-14-31(36-22-27(2)21-34(48-36)26-47-9)23-29(4)44(33,8)20-11-13-28(3)37(45)42-35-24-32(25-41-30(35)5)38(46)40-17-19-43-18-12-16-39(43,6)7/h13-15,22-25,27,29,33-34H,10-12,16-21,26H2,1-9H3,(H-,40,42,45,46)/p+1. The maximum absolute atomic E-state index is 13.3. The van der Waals surface area contributed by atoms with Gasteiger partial charge in [-0.1, -0.05) is 19.9 Å². The molecule has 1 fully saturated rings. The second kappa shape index (κ2) is 16.4. The van der Waals surface area contributed by atoms with Gasteiger partial charge in [-0.3, -0.25) is 19.5 Å². The van der Waals surface area contributed by atoms with Gasteiger partial charge in [0.15, 0.2) is 0 Å². The summed E-state index contributed by atoms with van der Waals surface area (Å²) in [7, 11) is 4.04. The highest BCUT2D eigenvalue weighted by Crippen LogP contribution is 2.33. The lowest BCUT2D eigenvalue weighted by Crippen LogP contribution is -2.56. The smallest absolute Gasteiger partial charge is 0.252 e. The van der Waals surface area contributed by atoms with Crippen LogP contribution in [0, 0.1) is 12.8 Å². The van der Waals surface area contributed by atoms with Crippen molar-refractivity contribution in [2.24, 2.45) is 5.92 Å². The third-order valence-corrected chi connectivity index (χ3v) is 10.8. The number of carbonyl (C=O) groups is 2. The van der Waals surface area contributed by atoms with Crippen LogP contribution in [0.1, 0.15) is 89.7 Å². The van der Waals surface area contributed by atoms with Crippen molar-refractivity contribution in [3.8, 4) is 0 Å². The highest BCUT2D eigenvalue weighted by atomic mass is 16.5. The lowest BCUT2D eigenvalue weighted by Gasteiger charge is -2.43. The van der Waals surface area contributed by atoms with Crippen LogP contribution in [0.3, 0.4) is 0 Å². The Kier molecular flexibility index (Phi) is 12.8. The number of methoxy groups -OCH3 is 1. The van der Waals surface area contributed by atoms with Crippen LogP contribution in [-0.2, 0) is 14.3 Å². The molecule has 264 valence electrons. The first-order valence-corrected chi connectivity index (χ1v) is 17.9. The molecule has 1 aromatic rings. The fourth-order valence-electron chi connectivity index (χ4n) is 7.39. The van der Waals surface area contributed by atoms with Crippen molar-refractivity contribution >= 4 is 17.5 Å². The molecule has 0 spiro atoms. The van der Waals surface area contributed by atoms with Gasteiger partial charge in [-0.25, -0.2) is 0 Å². The van der Waals surface area contributed by atoms with Gasteiger partial charge in [-0.15, -0.1) is 0 Å². The minimum atomic E-state index is -0.185. The van der Waals surface area contributed by atoms with Gasteiger partial charge >= 0.3 is 0 Å². The maximum atomic E-state index is 13.3. The van der Waals surface area contributed by atoms with Gasteiger partial charge in [0.25, 0.3) is 11.8 Å². The van der Waals surface area contributed by atoms with Crippen LogP contribution in [0.15, 0.2) is 59.5 Å². The monoisotopic (exact) mass is 662 g/mol. The first-order valence-electron chi connectivity index (χ1n) is 17.9. The zero-order chi connectivity index (χ0) is 35.1. The highest BCUT2D eigenvalue weighted by Gasteiger charge is 2.36. The Bertz CT molecular complexity index is 1430. The molecule has 3 aliphatic rings. The van der Waals surface area contributed by atoms with Crippen LogP contribution in [0.2, 0.25) is 0 Å². The third kappa shape index (κ3) is 9.24. The van der Waals surface area contributed by atoms with Crippen molar-refractivity contribution in [1.29, 1.82) is 0 Å². The normalized spacial score (nSPS) is 27.5. The van der Waals surface area contributed by atoms with E-state index in [1.807, 2.05) is 19.9 Å². The zero-order valence-electron chi connectivity index (χ0n) is 30.9. The predicted molar refractivity (Wildman–Crippen MR) is 194 cm³/mol. The Morgan fingerprint density at radius 3 is 2.71 bits per heavy atom. The van der Waals surface area contributed by atoms with Crippen molar-refractivity contribution in [2.75, 3.05) is 52.3 Å². The minimum absolute atomic E-state index is 0.0663. The molecule has 0 bridgehead atoms. The Balaban J connectivity index is 1.37. The number of aromatic nitrogens is 1. The highest BCUT2D eigenvalue weighted by molar-refractivity contribution is 6.04. The number of hydrogen-bond acceptors (Lipinski definition) is 6. The van der Waals surface area contributed by atoms with Crippen LogP contribution >= 0.6 is 0 Å². The molecule has 1 aromatic heterocycles. The average Bonchev–Trinajstić information content (AvgIpc) is 3.31. The molecule has 5 unspecified atom stereocenters. The van der Waals surface area contributed by atoms with E-state index in [0.29, 0.717) is 47.6 Å². The zero-order valence-corrected chi connectivity index (χ0v) is 30.9. The average molecular weight is 663 g/mol. The topological polar surface area (TPSA) is 92.8 Å². The van der Waals surface area contributed by atoms with Crippen molar-refractivity contribution in [3.05, 3.63) is 70.8 Å². The Morgan fingerprint density at radius 2 is 2.02 bits per heavy atom. The van der Waals surface area contributed by atoms with Crippen LogP contribution in [0.25, 0.3) is 0 Å². The fraction of sp³-hybridized carbons (Fsp3) is 0.615. The first-order chi connectivity index (χ1) is 22.8. The molecule has 4 heterocycles. The fourth-order valence-corrected chi connectivity index (χ4v) is 7.39. The van der Waals surface area contributed by atoms with Gasteiger partial charge in [0.2, 0.25) is 0 Å². The summed E-state index contributed by atoms with van der Waals surface area (Å²) in [6.07, 6.45) is 17.9. The Morgan fingerprint density at radius 1 is 1.25 bits per heavy atom. The molecular formula is C39H60N5O4+. The van der Waals surface area contributed by atoms with E-state index in [2.05, 4.69) is 86.5 Å². The number of aryl methyl sites for hydroxylation is 1. The van der Waals surface area contributed by atoms with Gasteiger partial charge in [-0.2, -0.15) is 0 Å². The summed E-state index contributed by atoms with van der Waals surface area (Å²) in [5, 5.41) is 6.02. The van der Waals surface area contributed by atoms with E-state index in [1.165, 1.54) is 12.8 Å². The van der Waals surface area contributed by atoms with Crippen LogP contribution in [0.4, 0.5) is 5.69 Å². The number of allylic oxidation sites excluding steroid dienone is 2. The molecule has 0 saturated carbocycles. The molecule has 5 atom stereocenters. The summed E-state index contributed by atoms with van der Waals surface area (Å²) in [5.41, 5.74) is 3.62. The summed E-state index contributed by atoms with van der Waals surface area (Å²) in [6.45, 7) is 18.9. The molecule has 0 radical (unpaired) electrons. The molecule has 0 aliphatic carbocycles. The molecule has 48 heavy (non-hydrogen) atoms. The number of hydrogen-bond donors (Lipinski definition) is 2. The summed E-state index contributed by atoms with van der Waals surface area (Å²) in [6, 6.07) is 2.30. The van der Waals surface area contributed by atoms with Gasteiger partial charge in [0.05, 0.1) is 37.1 Å². The number of ether oxygens (including phenoxy) is 2. The van der Waals surface area contributed by atoms with Crippen LogP contribution < -0.4 is 10.6 Å². The lowest BCUT2D eigenvalue weighted by molar-refractivity contribution is -0.942. The number of carbonyl (C=O) groups excluding carboxylic acids is 2. The number of quaternary nitrogens is 1. The van der Waals surface area contributed by atoms with E-state index in [4.69, 9.17) is 9.47 Å². The van der Waals surface area contributed by atoms with Gasteiger partial charge in [0.1, 0.15) is 23.9 Å². The largest absolute Gasteiger partial charge is 0.488 e. The molecule has 1 saturated heterocycles. The summed E-state index contributed by atoms with van der Waals surface area (Å²) >= 11 is 0. The third-order valence-electron chi connectivity index (χ3n) is 10.8. The maximum Gasteiger partial charge on any atom is 0.252 e. The molecule has 9 heteroatoms. The number of anilines is 1. The quantitative estimate of drug-likeness (QED) is 0.189. The molecule has 9 nitrogen and oxygen atoms in total. The first kappa shape index (κ1) is 37.5. The summed E-state index contributed by atoms with van der Waals surface area (Å²) < 4.78 is 12.6. The molecule has 4 rings (SSSR count). The van der Waals surface area contributed by atoms with Gasteiger partial charge < -0.3 is 24.6 Å². The Hall–Kier alpha value is -3.27.